The van der Waals surface area contributed by atoms with Crippen molar-refractivity contribution in [1.29, 1.82) is 0 Å². The van der Waals surface area contributed by atoms with Crippen LogP contribution >= 0.6 is 0 Å². The number of hydrogen-bond acceptors (Lipinski definition) is 4. The highest BCUT2D eigenvalue weighted by molar-refractivity contribution is 5.46. The Labute approximate surface area is 145 Å². The zero-order valence-corrected chi connectivity index (χ0v) is 15.4. The highest BCUT2D eigenvalue weighted by Gasteiger charge is 2.20. The average Bonchev–Trinajstić information content (AvgIpc) is 2.76. The number of aromatic nitrogens is 3. The van der Waals surface area contributed by atoms with E-state index >= 15 is 0 Å². The number of hydrogen-bond donors (Lipinski definition) is 0. The van der Waals surface area contributed by atoms with Gasteiger partial charge in [-0.25, -0.2) is 0 Å². The van der Waals surface area contributed by atoms with E-state index in [1.165, 1.54) is 17.8 Å². The third-order valence-electron chi connectivity index (χ3n) is 4.94. The van der Waals surface area contributed by atoms with Crippen molar-refractivity contribution < 1.29 is 0 Å². The Hall–Kier alpha value is -1.88. The van der Waals surface area contributed by atoms with Gasteiger partial charge in [0.05, 0.1) is 12.2 Å². The SMILES string of the molecule is Cc1cc(N2CCCN(C(C)Cn3nc(C)cc3C)CC2)ccn1. The summed E-state index contributed by atoms with van der Waals surface area (Å²) in [7, 11) is 0. The Bertz CT molecular complexity index is 678. The quantitative estimate of drug-likeness (QED) is 0.865. The largest absolute Gasteiger partial charge is 0.370 e. The van der Waals surface area contributed by atoms with Gasteiger partial charge < -0.3 is 4.90 Å². The maximum Gasteiger partial charge on any atom is 0.0596 e. The summed E-state index contributed by atoms with van der Waals surface area (Å²) in [5, 5.41) is 4.61. The molecular weight excluding hydrogens is 298 g/mol. The molecule has 0 spiro atoms. The summed E-state index contributed by atoms with van der Waals surface area (Å²) >= 11 is 0. The van der Waals surface area contributed by atoms with Gasteiger partial charge >= 0.3 is 0 Å². The van der Waals surface area contributed by atoms with Crippen LogP contribution in [0.15, 0.2) is 24.4 Å². The Morgan fingerprint density at radius 2 is 1.88 bits per heavy atom. The van der Waals surface area contributed by atoms with Gasteiger partial charge in [0.1, 0.15) is 0 Å². The maximum absolute atomic E-state index is 4.61. The second-order valence-corrected chi connectivity index (χ2v) is 6.99. The second-order valence-electron chi connectivity index (χ2n) is 6.99. The van der Waals surface area contributed by atoms with Crippen LogP contribution in [0.1, 0.15) is 30.4 Å². The van der Waals surface area contributed by atoms with Crippen LogP contribution in [0.5, 0.6) is 0 Å². The Morgan fingerprint density at radius 3 is 2.58 bits per heavy atom. The third kappa shape index (κ3) is 3.96. The Balaban J connectivity index is 1.61. The lowest BCUT2D eigenvalue weighted by molar-refractivity contribution is 0.198. The van der Waals surface area contributed by atoms with Crippen molar-refractivity contribution in [2.75, 3.05) is 31.1 Å². The van der Waals surface area contributed by atoms with Gasteiger partial charge in [-0.3, -0.25) is 14.6 Å². The molecule has 0 bridgehead atoms. The number of anilines is 1. The van der Waals surface area contributed by atoms with Crippen molar-refractivity contribution >= 4 is 5.69 Å². The van der Waals surface area contributed by atoms with Crippen molar-refractivity contribution in [2.45, 2.75) is 46.7 Å². The molecule has 0 aromatic carbocycles. The molecule has 1 saturated heterocycles. The van der Waals surface area contributed by atoms with Crippen LogP contribution in [-0.4, -0.2) is 51.9 Å². The summed E-state index contributed by atoms with van der Waals surface area (Å²) in [4.78, 5) is 9.40. The lowest BCUT2D eigenvalue weighted by Gasteiger charge is -2.28. The van der Waals surface area contributed by atoms with Crippen LogP contribution in [0.2, 0.25) is 0 Å². The number of rotatable bonds is 4. The second kappa shape index (κ2) is 7.34. The van der Waals surface area contributed by atoms with Crippen molar-refractivity contribution in [2.24, 2.45) is 0 Å². The summed E-state index contributed by atoms with van der Waals surface area (Å²) in [6.07, 6.45) is 3.11. The fraction of sp³-hybridized carbons (Fsp3) is 0.579. The molecule has 1 unspecified atom stereocenters. The third-order valence-corrected chi connectivity index (χ3v) is 4.94. The van der Waals surface area contributed by atoms with E-state index < -0.39 is 0 Å². The van der Waals surface area contributed by atoms with E-state index in [1.807, 2.05) is 6.20 Å². The summed E-state index contributed by atoms with van der Waals surface area (Å²) in [5.41, 5.74) is 4.75. The molecule has 0 radical (unpaired) electrons. The molecule has 1 atom stereocenters. The van der Waals surface area contributed by atoms with Crippen LogP contribution in [-0.2, 0) is 6.54 Å². The summed E-state index contributed by atoms with van der Waals surface area (Å²) in [6, 6.07) is 6.97. The van der Waals surface area contributed by atoms with Crippen molar-refractivity contribution in [1.82, 2.24) is 19.7 Å². The molecule has 5 heteroatoms. The van der Waals surface area contributed by atoms with Gasteiger partial charge in [-0.1, -0.05) is 0 Å². The van der Waals surface area contributed by atoms with Gasteiger partial charge in [0.25, 0.3) is 0 Å². The minimum absolute atomic E-state index is 0.502. The minimum atomic E-state index is 0.502. The van der Waals surface area contributed by atoms with Gasteiger partial charge in [-0.2, -0.15) is 5.10 Å². The van der Waals surface area contributed by atoms with Crippen LogP contribution in [0.25, 0.3) is 0 Å². The summed E-state index contributed by atoms with van der Waals surface area (Å²) in [5.74, 6) is 0. The van der Waals surface area contributed by atoms with Crippen LogP contribution in [0.4, 0.5) is 5.69 Å². The molecule has 130 valence electrons. The summed E-state index contributed by atoms with van der Waals surface area (Å²) in [6.45, 7) is 14.0. The fourth-order valence-corrected chi connectivity index (χ4v) is 3.59. The van der Waals surface area contributed by atoms with Gasteiger partial charge in [0.2, 0.25) is 0 Å². The van der Waals surface area contributed by atoms with Crippen molar-refractivity contribution in [3.8, 4) is 0 Å². The first-order valence-corrected chi connectivity index (χ1v) is 8.95. The topological polar surface area (TPSA) is 37.2 Å². The van der Waals surface area contributed by atoms with Crippen LogP contribution in [0.3, 0.4) is 0 Å². The van der Waals surface area contributed by atoms with E-state index in [2.05, 4.69) is 70.5 Å². The molecule has 0 saturated carbocycles. The molecule has 1 aliphatic rings. The lowest BCUT2D eigenvalue weighted by Crippen LogP contribution is -2.39. The average molecular weight is 327 g/mol. The van der Waals surface area contributed by atoms with E-state index in [1.54, 1.807) is 0 Å². The molecule has 2 aromatic rings. The standard InChI is InChI=1S/C19H29N5/c1-15-13-19(6-7-20-15)23-9-5-8-22(10-11-23)18(4)14-24-17(3)12-16(2)21-24/h6-7,12-13,18H,5,8-11,14H2,1-4H3. The molecule has 0 amide bonds. The van der Waals surface area contributed by atoms with Gasteiger partial charge in [0.15, 0.2) is 0 Å². The molecule has 0 N–H and O–H groups in total. The Kier molecular flexibility index (Phi) is 5.19. The molecule has 5 nitrogen and oxygen atoms in total. The molecule has 3 heterocycles. The van der Waals surface area contributed by atoms with Gasteiger partial charge in [-0.05, 0) is 52.3 Å². The Morgan fingerprint density at radius 1 is 1.04 bits per heavy atom. The van der Waals surface area contributed by atoms with Crippen molar-refractivity contribution in [3.63, 3.8) is 0 Å². The smallest absolute Gasteiger partial charge is 0.0596 e. The van der Waals surface area contributed by atoms with E-state index in [-0.39, 0.29) is 0 Å². The highest BCUT2D eigenvalue weighted by atomic mass is 15.3. The molecule has 24 heavy (non-hydrogen) atoms. The number of pyridine rings is 1. The molecule has 2 aromatic heterocycles. The fourth-order valence-electron chi connectivity index (χ4n) is 3.59. The maximum atomic E-state index is 4.61. The highest BCUT2D eigenvalue weighted by Crippen LogP contribution is 2.18. The lowest BCUT2D eigenvalue weighted by atomic mass is 10.2. The number of aryl methyl sites for hydroxylation is 3. The monoisotopic (exact) mass is 327 g/mol. The first kappa shape index (κ1) is 17.0. The summed E-state index contributed by atoms with van der Waals surface area (Å²) < 4.78 is 2.15. The zero-order chi connectivity index (χ0) is 17.1. The van der Waals surface area contributed by atoms with Crippen LogP contribution < -0.4 is 4.90 Å². The van der Waals surface area contributed by atoms with E-state index in [0.717, 1.165) is 44.1 Å². The normalized spacial score (nSPS) is 17.8. The minimum Gasteiger partial charge on any atom is -0.370 e. The van der Waals surface area contributed by atoms with Gasteiger partial charge in [-0.15, -0.1) is 0 Å². The molecule has 1 fully saturated rings. The first-order valence-electron chi connectivity index (χ1n) is 8.95. The molecule has 1 aliphatic heterocycles. The van der Waals surface area contributed by atoms with E-state index in [9.17, 15) is 0 Å². The first-order chi connectivity index (χ1) is 11.5. The predicted molar refractivity (Wildman–Crippen MR) is 98.5 cm³/mol. The van der Waals surface area contributed by atoms with Crippen molar-refractivity contribution in [3.05, 3.63) is 41.5 Å². The van der Waals surface area contributed by atoms with E-state index in [4.69, 9.17) is 0 Å². The van der Waals surface area contributed by atoms with E-state index in [0.29, 0.717) is 6.04 Å². The predicted octanol–water partition coefficient (Wildman–Crippen LogP) is 2.80. The van der Waals surface area contributed by atoms with Gasteiger partial charge in [0, 0.05) is 55.5 Å². The molecule has 0 aliphatic carbocycles. The molecule has 3 rings (SSSR count). The zero-order valence-electron chi connectivity index (χ0n) is 15.4. The van der Waals surface area contributed by atoms with Crippen LogP contribution in [0, 0.1) is 20.8 Å². The molecular formula is C19H29N5. The number of nitrogens with zero attached hydrogens (tertiary/aromatic N) is 5.